The fourth-order valence-corrected chi connectivity index (χ4v) is 1.74. The molecule has 0 heterocycles. The van der Waals surface area contributed by atoms with Crippen LogP contribution in [0.1, 0.15) is 32.8 Å². The van der Waals surface area contributed by atoms with Crippen LogP contribution in [0, 0.1) is 11.7 Å². The first kappa shape index (κ1) is 11.2. The second-order valence-corrected chi connectivity index (χ2v) is 4.38. The zero-order valence-corrected chi connectivity index (χ0v) is 8.92. The maximum atomic E-state index is 12.9. The van der Waals surface area contributed by atoms with Crippen LogP contribution in [0.5, 0.6) is 0 Å². The minimum atomic E-state index is -0.934. The molecule has 1 aromatic carbocycles. The van der Waals surface area contributed by atoms with E-state index in [1.165, 1.54) is 12.1 Å². The molecule has 0 aliphatic carbocycles. The normalized spacial score (nSPS) is 15.6. The molecule has 0 fully saturated rings. The number of aliphatic hydroxyl groups is 1. The molecule has 0 amide bonds. The summed E-state index contributed by atoms with van der Waals surface area (Å²) in [5.41, 5.74) is -0.290. The Morgan fingerprint density at radius 2 is 2.07 bits per heavy atom. The smallest absolute Gasteiger partial charge is 0.123 e. The third-order valence-electron chi connectivity index (χ3n) is 2.25. The van der Waals surface area contributed by atoms with Crippen molar-refractivity contribution in [1.29, 1.82) is 0 Å². The van der Waals surface area contributed by atoms with Gasteiger partial charge in [-0.1, -0.05) is 26.0 Å². The molecule has 0 aliphatic rings. The van der Waals surface area contributed by atoms with Gasteiger partial charge in [-0.25, -0.2) is 4.39 Å². The summed E-state index contributed by atoms with van der Waals surface area (Å²) in [5, 5.41) is 10.1. The Hall–Kier alpha value is -0.890. The average Bonchev–Trinajstić information content (AvgIpc) is 2.01. The number of halogens is 1. The molecule has 0 aliphatic heterocycles. The fourth-order valence-electron chi connectivity index (χ4n) is 1.74. The highest BCUT2D eigenvalue weighted by atomic mass is 19.1. The van der Waals surface area contributed by atoms with Gasteiger partial charge in [0.05, 0.1) is 5.60 Å². The van der Waals surface area contributed by atoms with Crippen molar-refractivity contribution in [3.63, 3.8) is 0 Å². The van der Waals surface area contributed by atoms with E-state index in [1.54, 1.807) is 19.1 Å². The van der Waals surface area contributed by atoms with E-state index in [0.29, 0.717) is 17.9 Å². The Bertz CT molecular complexity index is 305. The first-order chi connectivity index (χ1) is 6.42. The highest BCUT2D eigenvalue weighted by Crippen LogP contribution is 2.28. The Labute approximate surface area is 84.6 Å². The standard InChI is InChI=1S/C12H17FO/c1-9(2)8-12(3,14)10-5-4-6-11(13)7-10/h4-7,9,14H,8H2,1-3H3. The molecule has 2 heteroatoms. The maximum absolute atomic E-state index is 12.9. The van der Waals surface area contributed by atoms with E-state index < -0.39 is 5.60 Å². The monoisotopic (exact) mass is 196 g/mol. The van der Waals surface area contributed by atoms with Gasteiger partial charge in [-0.15, -0.1) is 0 Å². The molecule has 0 bridgehead atoms. The highest BCUT2D eigenvalue weighted by molar-refractivity contribution is 5.22. The van der Waals surface area contributed by atoms with Gasteiger partial charge < -0.3 is 5.11 Å². The Morgan fingerprint density at radius 3 is 2.57 bits per heavy atom. The first-order valence-corrected chi connectivity index (χ1v) is 4.90. The van der Waals surface area contributed by atoms with E-state index in [1.807, 2.05) is 13.8 Å². The lowest BCUT2D eigenvalue weighted by molar-refractivity contribution is 0.0346. The van der Waals surface area contributed by atoms with Gasteiger partial charge in [-0.3, -0.25) is 0 Å². The van der Waals surface area contributed by atoms with Crippen molar-refractivity contribution < 1.29 is 9.50 Å². The van der Waals surface area contributed by atoms with Gasteiger partial charge in [-0.2, -0.15) is 0 Å². The Morgan fingerprint density at radius 1 is 1.43 bits per heavy atom. The molecule has 1 unspecified atom stereocenters. The van der Waals surface area contributed by atoms with Crippen molar-refractivity contribution in [2.75, 3.05) is 0 Å². The SMILES string of the molecule is CC(C)CC(C)(O)c1cccc(F)c1. The molecular weight excluding hydrogens is 179 g/mol. The van der Waals surface area contributed by atoms with Crippen LogP contribution in [0.3, 0.4) is 0 Å². The third kappa shape index (κ3) is 2.81. The van der Waals surface area contributed by atoms with Crippen LogP contribution in [0.2, 0.25) is 0 Å². The summed E-state index contributed by atoms with van der Waals surface area (Å²) in [6.45, 7) is 5.79. The summed E-state index contributed by atoms with van der Waals surface area (Å²) in [7, 11) is 0. The van der Waals surface area contributed by atoms with Gasteiger partial charge in [0.15, 0.2) is 0 Å². The van der Waals surface area contributed by atoms with Gasteiger partial charge in [0.1, 0.15) is 5.82 Å². The van der Waals surface area contributed by atoms with Gasteiger partial charge >= 0.3 is 0 Å². The minimum Gasteiger partial charge on any atom is -0.385 e. The zero-order valence-electron chi connectivity index (χ0n) is 8.92. The van der Waals surface area contributed by atoms with Crippen LogP contribution in [0.15, 0.2) is 24.3 Å². The molecule has 0 saturated heterocycles. The maximum Gasteiger partial charge on any atom is 0.123 e. The lowest BCUT2D eigenvalue weighted by Crippen LogP contribution is -2.23. The molecule has 1 aromatic rings. The van der Waals surface area contributed by atoms with Gasteiger partial charge in [0.2, 0.25) is 0 Å². The zero-order chi connectivity index (χ0) is 10.8. The second-order valence-electron chi connectivity index (χ2n) is 4.38. The van der Waals surface area contributed by atoms with Crippen LogP contribution < -0.4 is 0 Å². The van der Waals surface area contributed by atoms with Crippen molar-refractivity contribution in [3.05, 3.63) is 35.6 Å². The predicted molar refractivity (Wildman–Crippen MR) is 55.4 cm³/mol. The molecule has 0 aromatic heterocycles. The summed E-state index contributed by atoms with van der Waals surface area (Å²) < 4.78 is 12.9. The Balaban J connectivity index is 2.91. The molecular formula is C12H17FO. The number of benzene rings is 1. The highest BCUT2D eigenvalue weighted by Gasteiger charge is 2.24. The number of hydrogen-bond donors (Lipinski definition) is 1. The molecule has 0 spiro atoms. The van der Waals surface area contributed by atoms with Gasteiger partial charge in [-0.05, 0) is 37.0 Å². The molecule has 0 radical (unpaired) electrons. The predicted octanol–water partition coefficient (Wildman–Crippen LogP) is 3.08. The topological polar surface area (TPSA) is 20.2 Å². The first-order valence-electron chi connectivity index (χ1n) is 4.90. The average molecular weight is 196 g/mol. The lowest BCUT2D eigenvalue weighted by Gasteiger charge is -2.25. The third-order valence-corrected chi connectivity index (χ3v) is 2.25. The van der Waals surface area contributed by atoms with E-state index in [0.717, 1.165) is 0 Å². The molecule has 1 nitrogen and oxygen atoms in total. The number of rotatable bonds is 3. The van der Waals surface area contributed by atoms with E-state index in [2.05, 4.69) is 0 Å². The fraction of sp³-hybridized carbons (Fsp3) is 0.500. The van der Waals surface area contributed by atoms with Crippen molar-refractivity contribution in [2.24, 2.45) is 5.92 Å². The minimum absolute atomic E-state index is 0.300. The van der Waals surface area contributed by atoms with Crippen LogP contribution in [0.25, 0.3) is 0 Å². The lowest BCUT2D eigenvalue weighted by atomic mass is 9.87. The van der Waals surface area contributed by atoms with Gasteiger partial charge in [0, 0.05) is 0 Å². The largest absolute Gasteiger partial charge is 0.385 e. The van der Waals surface area contributed by atoms with Crippen LogP contribution in [-0.4, -0.2) is 5.11 Å². The van der Waals surface area contributed by atoms with Crippen molar-refractivity contribution in [1.82, 2.24) is 0 Å². The molecule has 1 atom stereocenters. The van der Waals surface area contributed by atoms with Crippen molar-refractivity contribution >= 4 is 0 Å². The molecule has 14 heavy (non-hydrogen) atoms. The summed E-state index contributed by atoms with van der Waals surface area (Å²) >= 11 is 0. The van der Waals surface area contributed by atoms with E-state index in [4.69, 9.17) is 0 Å². The van der Waals surface area contributed by atoms with E-state index >= 15 is 0 Å². The summed E-state index contributed by atoms with van der Waals surface area (Å²) in [4.78, 5) is 0. The molecule has 1 N–H and O–H groups in total. The van der Waals surface area contributed by atoms with Crippen molar-refractivity contribution in [2.45, 2.75) is 32.8 Å². The second kappa shape index (κ2) is 4.09. The molecule has 78 valence electrons. The summed E-state index contributed by atoms with van der Waals surface area (Å²) in [6, 6.07) is 6.16. The van der Waals surface area contributed by atoms with Crippen LogP contribution in [-0.2, 0) is 5.60 Å². The van der Waals surface area contributed by atoms with E-state index in [-0.39, 0.29) is 5.82 Å². The Kier molecular flexibility index (Phi) is 3.27. The number of hydrogen-bond acceptors (Lipinski definition) is 1. The summed E-state index contributed by atoms with van der Waals surface area (Å²) in [5.74, 6) is 0.0831. The van der Waals surface area contributed by atoms with E-state index in [9.17, 15) is 9.50 Å². The molecule has 1 rings (SSSR count). The van der Waals surface area contributed by atoms with Gasteiger partial charge in [0.25, 0.3) is 0 Å². The molecule has 0 saturated carbocycles. The van der Waals surface area contributed by atoms with Crippen molar-refractivity contribution in [3.8, 4) is 0 Å². The van der Waals surface area contributed by atoms with Crippen LogP contribution in [0.4, 0.5) is 4.39 Å². The quantitative estimate of drug-likeness (QED) is 0.787. The summed E-state index contributed by atoms with van der Waals surface area (Å²) in [6.07, 6.45) is 0.635. The van der Waals surface area contributed by atoms with Crippen LogP contribution >= 0.6 is 0 Å².